The molecule has 0 saturated carbocycles. The summed E-state index contributed by atoms with van der Waals surface area (Å²) in [5.41, 5.74) is 0.554. The van der Waals surface area contributed by atoms with Crippen LogP contribution in [-0.2, 0) is 16.6 Å². The molecular weight excluding hydrogens is 286 g/mol. The fourth-order valence-corrected chi connectivity index (χ4v) is 2.32. The number of pyridine rings is 1. The molecule has 8 nitrogen and oxygen atoms in total. The monoisotopic (exact) mass is 297 g/mol. The van der Waals surface area contributed by atoms with Gasteiger partial charge < -0.3 is 9.63 Å². The maximum Gasteiger partial charge on any atom is 0.337 e. The van der Waals surface area contributed by atoms with Gasteiger partial charge in [-0.2, -0.15) is 0 Å². The van der Waals surface area contributed by atoms with Crippen LogP contribution in [0.25, 0.3) is 0 Å². The third-order valence-corrected chi connectivity index (χ3v) is 3.69. The minimum absolute atomic E-state index is 0.0640. The number of nitrogens with zero attached hydrogens (tertiary/aromatic N) is 2. The molecule has 2 aromatic rings. The van der Waals surface area contributed by atoms with E-state index < -0.39 is 16.0 Å². The van der Waals surface area contributed by atoms with E-state index in [9.17, 15) is 13.2 Å². The van der Waals surface area contributed by atoms with Gasteiger partial charge in [0, 0.05) is 12.3 Å². The number of aromatic nitrogens is 2. The SMILES string of the molecule is Cc1cc(CNS(=O)(=O)c2ccc(C(=O)O)cn2)on1. The summed E-state index contributed by atoms with van der Waals surface area (Å²) in [6.45, 7) is 1.65. The highest BCUT2D eigenvalue weighted by molar-refractivity contribution is 7.89. The van der Waals surface area contributed by atoms with Crippen molar-refractivity contribution in [1.82, 2.24) is 14.9 Å². The topological polar surface area (TPSA) is 122 Å². The lowest BCUT2D eigenvalue weighted by Crippen LogP contribution is -2.24. The highest BCUT2D eigenvalue weighted by atomic mass is 32.2. The summed E-state index contributed by atoms with van der Waals surface area (Å²) in [5.74, 6) is -0.806. The van der Waals surface area contributed by atoms with Crippen LogP contribution in [-0.4, -0.2) is 29.6 Å². The summed E-state index contributed by atoms with van der Waals surface area (Å²) in [5, 5.41) is 12.1. The van der Waals surface area contributed by atoms with Crippen LogP contribution < -0.4 is 4.72 Å². The minimum atomic E-state index is -3.83. The Kier molecular flexibility index (Phi) is 3.81. The fraction of sp³-hybridized carbons (Fsp3) is 0.182. The second-order valence-corrected chi connectivity index (χ2v) is 5.66. The average Bonchev–Trinajstić information content (AvgIpc) is 2.82. The summed E-state index contributed by atoms with van der Waals surface area (Å²) in [6.07, 6.45) is 0.982. The third-order valence-electron chi connectivity index (χ3n) is 2.37. The fourth-order valence-electron chi connectivity index (χ4n) is 1.41. The molecule has 106 valence electrons. The number of carboxylic acids is 1. The molecule has 20 heavy (non-hydrogen) atoms. The molecule has 0 atom stereocenters. The van der Waals surface area contributed by atoms with Gasteiger partial charge in [0.15, 0.2) is 10.8 Å². The lowest BCUT2D eigenvalue weighted by molar-refractivity contribution is 0.0696. The molecule has 0 aliphatic carbocycles. The smallest absolute Gasteiger partial charge is 0.337 e. The number of sulfonamides is 1. The summed E-state index contributed by atoms with van der Waals surface area (Å²) in [4.78, 5) is 14.3. The zero-order valence-electron chi connectivity index (χ0n) is 10.4. The number of aryl methyl sites for hydroxylation is 1. The van der Waals surface area contributed by atoms with Crippen molar-refractivity contribution in [2.45, 2.75) is 18.5 Å². The first kappa shape index (κ1) is 14.2. The van der Waals surface area contributed by atoms with Crippen LogP contribution in [0, 0.1) is 6.92 Å². The van der Waals surface area contributed by atoms with Crippen LogP contribution >= 0.6 is 0 Å². The maximum absolute atomic E-state index is 11.9. The predicted octanol–water partition coefficient (Wildman–Crippen LogP) is 0.555. The normalized spacial score (nSPS) is 11.4. The van der Waals surface area contributed by atoms with E-state index in [1.165, 1.54) is 6.07 Å². The predicted molar refractivity (Wildman–Crippen MR) is 66.5 cm³/mol. The van der Waals surface area contributed by atoms with Gasteiger partial charge in [-0.15, -0.1) is 0 Å². The van der Waals surface area contributed by atoms with E-state index in [1.54, 1.807) is 13.0 Å². The number of aromatic carboxylic acids is 1. The van der Waals surface area contributed by atoms with Crippen molar-refractivity contribution in [2.75, 3.05) is 0 Å². The van der Waals surface area contributed by atoms with E-state index in [0.29, 0.717) is 11.5 Å². The molecule has 0 radical (unpaired) electrons. The molecule has 2 rings (SSSR count). The van der Waals surface area contributed by atoms with Gasteiger partial charge in [0.05, 0.1) is 17.8 Å². The van der Waals surface area contributed by atoms with Gasteiger partial charge in [-0.1, -0.05) is 5.16 Å². The van der Waals surface area contributed by atoms with Gasteiger partial charge in [0.1, 0.15) is 0 Å². The van der Waals surface area contributed by atoms with Crippen LogP contribution in [0.5, 0.6) is 0 Å². The molecule has 0 saturated heterocycles. The zero-order valence-corrected chi connectivity index (χ0v) is 11.2. The number of carboxylic acid groups (broad SMARTS) is 1. The van der Waals surface area contributed by atoms with E-state index in [0.717, 1.165) is 12.3 Å². The highest BCUT2D eigenvalue weighted by Crippen LogP contribution is 2.08. The second kappa shape index (κ2) is 5.39. The largest absolute Gasteiger partial charge is 0.478 e. The van der Waals surface area contributed by atoms with E-state index >= 15 is 0 Å². The Hall–Kier alpha value is -2.26. The Morgan fingerprint density at radius 3 is 2.70 bits per heavy atom. The molecule has 0 aromatic carbocycles. The van der Waals surface area contributed by atoms with Crippen LogP contribution in [0.1, 0.15) is 21.8 Å². The Morgan fingerprint density at radius 2 is 2.20 bits per heavy atom. The number of hydrogen-bond donors (Lipinski definition) is 2. The van der Waals surface area contributed by atoms with Crippen LogP contribution in [0.15, 0.2) is 33.9 Å². The molecule has 0 unspecified atom stereocenters. The quantitative estimate of drug-likeness (QED) is 0.826. The van der Waals surface area contributed by atoms with E-state index in [4.69, 9.17) is 9.63 Å². The van der Waals surface area contributed by atoms with Crippen molar-refractivity contribution >= 4 is 16.0 Å². The Morgan fingerprint density at radius 1 is 1.45 bits per heavy atom. The molecular formula is C11H11N3O5S. The first-order valence-electron chi connectivity index (χ1n) is 5.50. The first-order chi connectivity index (χ1) is 9.38. The van der Waals surface area contributed by atoms with Crippen molar-refractivity contribution in [3.8, 4) is 0 Å². The number of rotatable bonds is 5. The maximum atomic E-state index is 11.9. The molecule has 9 heteroatoms. The van der Waals surface area contributed by atoms with Crippen molar-refractivity contribution in [3.05, 3.63) is 41.4 Å². The molecule has 2 aromatic heterocycles. The standard InChI is InChI=1S/C11H11N3O5S/c1-7-4-9(19-14-7)6-13-20(17,18)10-3-2-8(5-12-10)11(15)16/h2-5,13H,6H2,1H3,(H,15,16). The Balaban J connectivity index is 2.11. The lowest BCUT2D eigenvalue weighted by Gasteiger charge is -2.04. The van der Waals surface area contributed by atoms with Gasteiger partial charge in [0.25, 0.3) is 10.0 Å². The number of carbonyl (C=O) groups is 1. The number of nitrogens with one attached hydrogen (secondary N) is 1. The Bertz CT molecular complexity index is 721. The van der Waals surface area contributed by atoms with Crippen molar-refractivity contribution in [1.29, 1.82) is 0 Å². The molecule has 2 N–H and O–H groups in total. The molecule has 0 spiro atoms. The lowest BCUT2D eigenvalue weighted by atomic mass is 10.3. The molecule has 0 aliphatic rings. The second-order valence-electron chi connectivity index (χ2n) is 3.95. The summed E-state index contributed by atoms with van der Waals surface area (Å²) in [7, 11) is -3.83. The summed E-state index contributed by atoms with van der Waals surface area (Å²) >= 11 is 0. The highest BCUT2D eigenvalue weighted by Gasteiger charge is 2.17. The molecule has 0 aliphatic heterocycles. The van der Waals surface area contributed by atoms with Gasteiger partial charge >= 0.3 is 5.97 Å². The third kappa shape index (κ3) is 3.19. The van der Waals surface area contributed by atoms with Gasteiger partial charge in [-0.05, 0) is 19.1 Å². The molecule has 0 amide bonds. The van der Waals surface area contributed by atoms with E-state index in [1.807, 2.05) is 0 Å². The minimum Gasteiger partial charge on any atom is -0.478 e. The van der Waals surface area contributed by atoms with Gasteiger partial charge in [-0.25, -0.2) is 22.9 Å². The van der Waals surface area contributed by atoms with Crippen LogP contribution in [0.3, 0.4) is 0 Å². The Labute approximate surface area is 114 Å². The zero-order chi connectivity index (χ0) is 14.8. The van der Waals surface area contributed by atoms with Crippen LogP contribution in [0.2, 0.25) is 0 Å². The molecule has 0 fully saturated rings. The van der Waals surface area contributed by atoms with Crippen molar-refractivity contribution in [3.63, 3.8) is 0 Å². The molecule has 2 heterocycles. The summed E-state index contributed by atoms with van der Waals surface area (Å²) < 4.78 is 31.0. The van der Waals surface area contributed by atoms with Crippen molar-refractivity contribution < 1.29 is 22.8 Å². The van der Waals surface area contributed by atoms with Gasteiger partial charge in [0.2, 0.25) is 0 Å². The number of hydrogen-bond acceptors (Lipinski definition) is 6. The van der Waals surface area contributed by atoms with Crippen molar-refractivity contribution in [2.24, 2.45) is 0 Å². The van der Waals surface area contributed by atoms with Gasteiger partial charge in [-0.3, -0.25) is 0 Å². The first-order valence-corrected chi connectivity index (χ1v) is 6.98. The van der Waals surface area contributed by atoms with E-state index in [2.05, 4.69) is 14.9 Å². The average molecular weight is 297 g/mol. The summed E-state index contributed by atoms with van der Waals surface area (Å²) in [6, 6.07) is 3.89. The van der Waals surface area contributed by atoms with E-state index in [-0.39, 0.29) is 17.1 Å². The van der Waals surface area contributed by atoms with Crippen LogP contribution in [0.4, 0.5) is 0 Å². The molecule has 0 bridgehead atoms.